The molecule has 1 saturated carbocycles. The molecule has 0 heterocycles. The molecule has 0 aromatic rings. The van der Waals surface area contributed by atoms with Crippen LogP contribution in [0.1, 0.15) is 44.9 Å². The van der Waals surface area contributed by atoms with Crippen molar-refractivity contribution >= 4 is 10.2 Å². The molecular weight excluding hydrogens is 188 g/mol. The first kappa shape index (κ1) is 10.9. The summed E-state index contributed by atoms with van der Waals surface area (Å²) >= 11 is 0. The molecule has 5 heteroatoms. The van der Waals surface area contributed by atoms with Crippen LogP contribution in [0, 0.1) is 0 Å². The summed E-state index contributed by atoms with van der Waals surface area (Å²) in [6.07, 6.45) is 7.76. The van der Waals surface area contributed by atoms with E-state index in [0.29, 0.717) is 0 Å². The molecule has 0 aliphatic heterocycles. The predicted octanol–water partition coefficient (Wildman–Crippen LogP) is 0.892. The van der Waals surface area contributed by atoms with Crippen molar-refractivity contribution in [1.29, 1.82) is 0 Å². The Bertz CT molecular complexity index is 231. The fraction of sp³-hybridized carbons (Fsp3) is 1.00. The minimum atomic E-state index is -3.50. The minimum Gasteiger partial charge on any atom is -0.216 e. The van der Waals surface area contributed by atoms with Crippen LogP contribution in [0.5, 0.6) is 0 Å². The van der Waals surface area contributed by atoms with Crippen molar-refractivity contribution in [2.45, 2.75) is 51.0 Å². The number of nitrogens with one attached hydrogen (secondary N) is 1. The van der Waals surface area contributed by atoms with Gasteiger partial charge in [0.25, 0.3) is 10.2 Å². The first-order valence-corrected chi connectivity index (χ1v) is 6.42. The van der Waals surface area contributed by atoms with E-state index in [1.54, 1.807) is 0 Å². The third-order valence-corrected chi connectivity index (χ3v) is 3.10. The van der Waals surface area contributed by atoms with Crippen molar-refractivity contribution in [3.8, 4) is 0 Å². The molecule has 1 aliphatic carbocycles. The number of hydrogen-bond acceptors (Lipinski definition) is 2. The highest BCUT2D eigenvalue weighted by Crippen LogP contribution is 2.17. The van der Waals surface area contributed by atoms with Gasteiger partial charge < -0.3 is 0 Å². The molecule has 0 amide bonds. The highest BCUT2D eigenvalue weighted by atomic mass is 32.2. The Labute approximate surface area is 80.1 Å². The van der Waals surface area contributed by atoms with Gasteiger partial charge in [-0.15, -0.1) is 0 Å². The monoisotopic (exact) mass is 206 g/mol. The van der Waals surface area contributed by atoms with Crippen molar-refractivity contribution in [1.82, 2.24) is 4.72 Å². The van der Waals surface area contributed by atoms with Crippen LogP contribution in [0.25, 0.3) is 0 Å². The first-order valence-electron chi connectivity index (χ1n) is 4.88. The molecule has 0 bridgehead atoms. The molecule has 1 aliphatic rings. The summed E-state index contributed by atoms with van der Waals surface area (Å²) in [5, 5.41) is 4.92. The Morgan fingerprint density at radius 2 is 1.46 bits per heavy atom. The molecule has 0 saturated heterocycles. The molecule has 1 fully saturated rings. The van der Waals surface area contributed by atoms with E-state index in [0.717, 1.165) is 25.7 Å². The molecule has 0 radical (unpaired) electrons. The van der Waals surface area contributed by atoms with Gasteiger partial charge in [0.15, 0.2) is 0 Å². The van der Waals surface area contributed by atoms with Gasteiger partial charge in [-0.25, -0.2) is 5.14 Å². The van der Waals surface area contributed by atoms with E-state index < -0.39 is 10.2 Å². The summed E-state index contributed by atoms with van der Waals surface area (Å²) in [6.45, 7) is 0. The smallest absolute Gasteiger partial charge is 0.216 e. The maximum atomic E-state index is 10.8. The molecule has 3 N–H and O–H groups in total. The van der Waals surface area contributed by atoms with E-state index in [4.69, 9.17) is 5.14 Å². The molecule has 0 unspecified atom stereocenters. The van der Waals surface area contributed by atoms with Gasteiger partial charge in [0, 0.05) is 6.04 Å². The van der Waals surface area contributed by atoms with Gasteiger partial charge in [-0.3, -0.25) is 0 Å². The molecule has 0 atom stereocenters. The van der Waals surface area contributed by atoms with Crippen molar-refractivity contribution < 1.29 is 8.42 Å². The lowest BCUT2D eigenvalue weighted by Gasteiger charge is -2.19. The van der Waals surface area contributed by atoms with Gasteiger partial charge in [0.05, 0.1) is 0 Å². The van der Waals surface area contributed by atoms with Gasteiger partial charge >= 0.3 is 0 Å². The molecule has 4 nitrogen and oxygen atoms in total. The van der Waals surface area contributed by atoms with Gasteiger partial charge in [0.1, 0.15) is 0 Å². The molecule has 13 heavy (non-hydrogen) atoms. The van der Waals surface area contributed by atoms with Crippen LogP contribution in [0.2, 0.25) is 0 Å². The predicted molar refractivity (Wildman–Crippen MR) is 52.3 cm³/mol. The summed E-state index contributed by atoms with van der Waals surface area (Å²) in [4.78, 5) is 0. The minimum absolute atomic E-state index is 0.0651. The van der Waals surface area contributed by atoms with Crippen molar-refractivity contribution in [3.05, 3.63) is 0 Å². The Hall–Kier alpha value is -0.130. The third kappa shape index (κ3) is 5.23. The number of hydrogen-bond donors (Lipinski definition) is 2. The first-order chi connectivity index (χ1) is 6.08. The lowest BCUT2D eigenvalue weighted by atomic mass is 9.97. The highest BCUT2D eigenvalue weighted by Gasteiger charge is 2.14. The van der Waals surface area contributed by atoms with Crippen LogP contribution in [0.15, 0.2) is 0 Å². The Kier molecular flexibility index (Phi) is 4.15. The van der Waals surface area contributed by atoms with E-state index in [2.05, 4.69) is 4.72 Å². The van der Waals surface area contributed by atoms with Crippen molar-refractivity contribution in [2.75, 3.05) is 0 Å². The lowest BCUT2D eigenvalue weighted by Crippen LogP contribution is -2.39. The van der Waals surface area contributed by atoms with Gasteiger partial charge in [-0.2, -0.15) is 13.1 Å². The van der Waals surface area contributed by atoms with Crippen LogP contribution in [-0.2, 0) is 10.2 Å². The second kappa shape index (κ2) is 4.93. The summed E-state index contributed by atoms with van der Waals surface area (Å²) in [5.74, 6) is 0. The second-order valence-corrected chi connectivity index (χ2v) is 5.03. The summed E-state index contributed by atoms with van der Waals surface area (Å²) < 4.78 is 24.0. The topological polar surface area (TPSA) is 72.2 Å². The Morgan fingerprint density at radius 1 is 1.00 bits per heavy atom. The lowest BCUT2D eigenvalue weighted by molar-refractivity contribution is 0.426. The fourth-order valence-corrected chi connectivity index (χ4v) is 2.51. The maximum absolute atomic E-state index is 10.8. The number of nitrogens with two attached hydrogens (primary N) is 1. The molecule has 0 aromatic heterocycles. The van der Waals surface area contributed by atoms with Gasteiger partial charge in [0.2, 0.25) is 0 Å². The maximum Gasteiger partial charge on any atom is 0.274 e. The van der Waals surface area contributed by atoms with Gasteiger partial charge in [-0.05, 0) is 12.8 Å². The largest absolute Gasteiger partial charge is 0.274 e. The quantitative estimate of drug-likeness (QED) is 0.704. The van der Waals surface area contributed by atoms with Crippen molar-refractivity contribution in [3.63, 3.8) is 0 Å². The van der Waals surface area contributed by atoms with Crippen molar-refractivity contribution in [2.24, 2.45) is 5.14 Å². The average Bonchev–Trinajstić information content (AvgIpc) is 1.92. The van der Waals surface area contributed by atoms with Crippen LogP contribution in [0.3, 0.4) is 0 Å². The summed E-state index contributed by atoms with van der Waals surface area (Å²) in [5.41, 5.74) is 0. The zero-order valence-corrected chi connectivity index (χ0v) is 8.65. The highest BCUT2D eigenvalue weighted by molar-refractivity contribution is 7.87. The Morgan fingerprint density at radius 3 is 1.92 bits per heavy atom. The van der Waals surface area contributed by atoms with E-state index in [1.165, 1.54) is 19.3 Å². The van der Waals surface area contributed by atoms with Crippen LogP contribution >= 0.6 is 0 Å². The average molecular weight is 206 g/mol. The van der Waals surface area contributed by atoms with Gasteiger partial charge in [-0.1, -0.05) is 32.1 Å². The van der Waals surface area contributed by atoms with Crippen LogP contribution < -0.4 is 9.86 Å². The molecule has 78 valence electrons. The Balaban J connectivity index is 2.38. The van der Waals surface area contributed by atoms with E-state index in [-0.39, 0.29) is 6.04 Å². The third-order valence-electron chi connectivity index (χ3n) is 2.44. The van der Waals surface area contributed by atoms with Crippen LogP contribution in [-0.4, -0.2) is 14.5 Å². The number of rotatable bonds is 2. The van der Waals surface area contributed by atoms with E-state index >= 15 is 0 Å². The zero-order valence-electron chi connectivity index (χ0n) is 7.83. The fourth-order valence-electron chi connectivity index (χ4n) is 1.81. The summed E-state index contributed by atoms with van der Waals surface area (Å²) in [6, 6.07) is 0.0651. The normalized spacial score (nSPS) is 22.2. The molecular formula is C8H18N2O2S. The zero-order chi connectivity index (χ0) is 9.73. The molecule has 0 spiro atoms. The standard InChI is InChI=1S/C8H18N2O2S/c9-13(11,12)10-8-6-4-2-1-3-5-7-8/h8,10H,1-7H2,(H2,9,11,12). The molecule has 0 aromatic carbocycles. The SMILES string of the molecule is NS(=O)(=O)NC1CCCCCCC1. The van der Waals surface area contributed by atoms with Crippen LogP contribution in [0.4, 0.5) is 0 Å². The summed E-state index contributed by atoms with van der Waals surface area (Å²) in [7, 11) is -3.50. The second-order valence-electron chi connectivity index (χ2n) is 3.70. The van der Waals surface area contributed by atoms with E-state index in [9.17, 15) is 8.42 Å². The van der Waals surface area contributed by atoms with E-state index in [1.807, 2.05) is 0 Å². The molecule has 1 rings (SSSR count).